The van der Waals surface area contributed by atoms with Crippen LogP contribution in [0.5, 0.6) is 0 Å². The molecule has 0 N–H and O–H groups in total. The summed E-state index contributed by atoms with van der Waals surface area (Å²) < 4.78 is 3.37. The summed E-state index contributed by atoms with van der Waals surface area (Å²) in [4.78, 5) is 2.45. The lowest BCUT2D eigenvalue weighted by Gasteiger charge is -2.05. The third kappa shape index (κ3) is 3.79. The van der Waals surface area contributed by atoms with E-state index < -0.39 is 0 Å². The van der Waals surface area contributed by atoms with Crippen molar-refractivity contribution in [3.63, 3.8) is 0 Å². The van der Waals surface area contributed by atoms with E-state index in [1.54, 1.807) is 11.8 Å². The van der Waals surface area contributed by atoms with E-state index >= 15 is 0 Å². The fraction of sp³-hybridized carbons (Fsp3) is 0.0476. The minimum Gasteiger partial charge on any atom is -0.342 e. The molecule has 0 amide bonds. The predicted octanol–water partition coefficient (Wildman–Crippen LogP) is 7.26. The Balaban J connectivity index is 1.77. The van der Waals surface area contributed by atoms with Gasteiger partial charge in [-0.15, -0.1) is 0 Å². The first kappa shape index (κ1) is 16.8. The Kier molecular flexibility index (Phi) is 4.89. The van der Waals surface area contributed by atoms with Gasteiger partial charge in [0.05, 0.1) is 5.52 Å². The normalized spacial score (nSPS) is 11.1. The van der Waals surface area contributed by atoms with Gasteiger partial charge in [-0.05, 0) is 35.9 Å². The van der Waals surface area contributed by atoms with Crippen molar-refractivity contribution in [3.8, 4) is 0 Å². The first-order valence-electron chi connectivity index (χ1n) is 7.95. The summed E-state index contributed by atoms with van der Waals surface area (Å²) in [6.07, 6.45) is 2.22. The van der Waals surface area contributed by atoms with E-state index in [-0.39, 0.29) is 0 Å². The van der Waals surface area contributed by atoms with Crippen LogP contribution in [-0.4, -0.2) is 4.57 Å². The molecular weight excluding hydrogens is 414 g/mol. The molecule has 0 aliphatic rings. The van der Waals surface area contributed by atoms with Gasteiger partial charge in [0.1, 0.15) is 0 Å². The molecule has 1 heterocycles. The van der Waals surface area contributed by atoms with Gasteiger partial charge in [0, 0.05) is 37.4 Å². The molecule has 1 nitrogen and oxygen atoms in total. The zero-order valence-electron chi connectivity index (χ0n) is 13.3. The number of benzene rings is 3. The van der Waals surface area contributed by atoms with Gasteiger partial charge >= 0.3 is 0 Å². The van der Waals surface area contributed by atoms with Crippen LogP contribution in [0.2, 0.25) is 5.02 Å². The molecule has 25 heavy (non-hydrogen) atoms. The van der Waals surface area contributed by atoms with E-state index in [1.807, 2.05) is 24.3 Å². The second kappa shape index (κ2) is 7.28. The summed E-state index contributed by atoms with van der Waals surface area (Å²) >= 11 is 11.6. The number of hydrogen-bond acceptors (Lipinski definition) is 1. The quantitative estimate of drug-likeness (QED) is 0.331. The van der Waals surface area contributed by atoms with Gasteiger partial charge in [0.15, 0.2) is 0 Å². The smallest absolute Gasteiger partial charge is 0.0510 e. The molecule has 0 bridgehead atoms. The highest BCUT2D eigenvalue weighted by molar-refractivity contribution is 9.10. The zero-order chi connectivity index (χ0) is 17.2. The molecule has 0 unspecified atom stereocenters. The minimum absolute atomic E-state index is 0.763. The molecule has 4 aromatic rings. The number of aromatic nitrogens is 1. The van der Waals surface area contributed by atoms with Crippen molar-refractivity contribution in [2.45, 2.75) is 16.3 Å². The lowest BCUT2D eigenvalue weighted by molar-refractivity contribution is 0.830. The molecular formula is C21H15BrClNS. The number of halogens is 2. The first-order chi connectivity index (χ1) is 12.2. The summed E-state index contributed by atoms with van der Waals surface area (Å²) in [7, 11) is 0. The molecule has 4 heteroatoms. The van der Waals surface area contributed by atoms with Crippen LogP contribution < -0.4 is 0 Å². The Morgan fingerprint density at radius 3 is 2.56 bits per heavy atom. The van der Waals surface area contributed by atoms with Gasteiger partial charge in [-0.25, -0.2) is 0 Å². The second-order valence-electron chi connectivity index (χ2n) is 5.83. The Morgan fingerprint density at radius 2 is 1.76 bits per heavy atom. The second-order valence-corrected chi connectivity index (χ2v) is 8.30. The van der Waals surface area contributed by atoms with Crippen molar-refractivity contribution in [2.75, 3.05) is 0 Å². The summed E-state index contributed by atoms with van der Waals surface area (Å²) in [6.45, 7) is 0.830. The van der Waals surface area contributed by atoms with Gasteiger partial charge < -0.3 is 4.57 Å². The molecule has 4 rings (SSSR count). The topological polar surface area (TPSA) is 4.93 Å². The fourth-order valence-electron chi connectivity index (χ4n) is 2.88. The van der Waals surface area contributed by atoms with Gasteiger partial charge in [0.2, 0.25) is 0 Å². The van der Waals surface area contributed by atoms with E-state index in [9.17, 15) is 0 Å². The van der Waals surface area contributed by atoms with Crippen LogP contribution in [0.15, 0.2) is 93.3 Å². The molecule has 0 fully saturated rings. The highest BCUT2D eigenvalue weighted by atomic mass is 79.9. The average molecular weight is 429 g/mol. The van der Waals surface area contributed by atoms with E-state index in [0.29, 0.717) is 0 Å². The summed E-state index contributed by atoms with van der Waals surface area (Å²) in [5.41, 5.74) is 2.44. The number of hydrogen-bond donors (Lipinski definition) is 0. The molecule has 0 saturated carbocycles. The predicted molar refractivity (Wildman–Crippen MR) is 111 cm³/mol. The zero-order valence-corrected chi connectivity index (χ0v) is 16.5. The highest BCUT2D eigenvalue weighted by Crippen LogP contribution is 2.37. The maximum absolute atomic E-state index is 6.26. The summed E-state index contributed by atoms with van der Waals surface area (Å²) in [5, 5.41) is 1.99. The van der Waals surface area contributed by atoms with Crippen LogP contribution in [0.4, 0.5) is 0 Å². The number of nitrogens with zero attached hydrogens (tertiary/aromatic N) is 1. The molecule has 0 aliphatic carbocycles. The van der Waals surface area contributed by atoms with Gasteiger partial charge in [-0.2, -0.15) is 0 Å². The van der Waals surface area contributed by atoms with Crippen LogP contribution in [0.1, 0.15) is 5.56 Å². The minimum atomic E-state index is 0.763. The Bertz CT molecular complexity index is 1030. The van der Waals surface area contributed by atoms with Gasteiger partial charge in [0.25, 0.3) is 0 Å². The molecule has 0 atom stereocenters. The maximum atomic E-state index is 6.26. The molecule has 0 aliphatic heterocycles. The van der Waals surface area contributed by atoms with Crippen molar-refractivity contribution in [3.05, 3.63) is 94.1 Å². The van der Waals surface area contributed by atoms with Crippen LogP contribution in [-0.2, 0) is 6.54 Å². The molecule has 124 valence electrons. The molecule has 0 saturated heterocycles. The van der Waals surface area contributed by atoms with Crippen molar-refractivity contribution in [1.29, 1.82) is 0 Å². The Labute approximate surface area is 164 Å². The average Bonchev–Trinajstić information content (AvgIpc) is 2.92. The number of fused-ring (bicyclic) bond motifs is 1. The largest absolute Gasteiger partial charge is 0.342 e. The lowest BCUT2D eigenvalue weighted by Crippen LogP contribution is -1.97. The number of rotatable bonds is 4. The van der Waals surface area contributed by atoms with Crippen LogP contribution in [0.3, 0.4) is 0 Å². The van der Waals surface area contributed by atoms with Crippen LogP contribution in [0.25, 0.3) is 10.9 Å². The van der Waals surface area contributed by atoms with Crippen molar-refractivity contribution in [2.24, 2.45) is 0 Å². The fourth-order valence-corrected chi connectivity index (χ4v) is 4.65. The van der Waals surface area contributed by atoms with Crippen molar-refractivity contribution in [1.82, 2.24) is 4.57 Å². The Morgan fingerprint density at radius 1 is 0.920 bits per heavy atom. The molecule has 1 aromatic heterocycles. The third-order valence-corrected chi connectivity index (χ3v) is 5.79. The van der Waals surface area contributed by atoms with E-state index in [4.69, 9.17) is 11.6 Å². The van der Waals surface area contributed by atoms with Crippen LogP contribution in [0, 0.1) is 0 Å². The Hall–Kier alpha value is -1.68. The van der Waals surface area contributed by atoms with E-state index in [0.717, 1.165) is 21.6 Å². The van der Waals surface area contributed by atoms with Crippen molar-refractivity contribution >= 4 is 50.2 Å². The standard InChI is InChI=1S/C21H15BrClNS/c22-16-7-4-8-18(11-16)25-21-14-24(13-15-5-2-1-3-6-15)20-12-17(23)9-10-19(20)21/h1-12,14H,13H2. The van der Waals surface area contributed by atoms with Gasteiger partial charge in [-0.1, -0.05) is 81.8 Å². The maximum Gasteiger partial charge on any atom is 0.0510 e. The lowest BCUT2D eigenvalue weighted by atomic mass is 10.2. The summed E-state index contributed by atoms with van der Waals surface area (Å²) in [6, 6.07) is 25.0. The van der Waals surface area contributed by atoms with E-state index in [1.165, 1.54) is 20.7 Å². The monoisotopic (exact) mass is 427 g/mol. The third-order valence-electron chi connectivity index (χ3n) is 4.03. The molecule has 0 spiro atoms. The van der Waals surface area contributed by atoms with Crippen molar-refractivity contribution < 1.29 is 0 Å². The molecule has 0 radical (unpaired) electrons. The van der Waals surface area contributed by atoms with Crippen LogP contribution >= 0.6 is 39.3 Å². The molecule has 3 aromatic carbocycles. The van der Waals surface area contributed by atoms with Gasteiger partial charge in [-0.3, -0.25) is 0 Å². The SMILES string of the molecule is Clc1ccc2c(Sc3cccc(Br)c3)cn(Cc3ccccc3)c2c1. The van der Waals surface area contributed by atoms with E-state index in [2.05, 4.69) is 75.2 Å². The highest BCUT2D eigenvalue weighted by Gasteiger charge is 2.11. The summed E-state index contributed by atoms with van der Waals surface area (Å²) in [5.74, 6) is 0. The first-order valence-corrected chi connectivity index (χ1v) is 9.93.